The van der Waals surface area contributed by atoms with E-state index in [0.717, 1.165) is 25.7 Å². The summed E-state index contributed by atoms with van der Waals surface area (Å²) in [6.45, 7) is 2.32. The highest BCUT2D eigenvalue weighted by atomic mass is 35.5. The third-order valence-electron chi connectivity index (χ3n) is 5.14. The highest BCUT2D eigenvalue weighted by molar-refractivity contribution is 7.89. The van der Waals surface area contributed by atoms with E-state index in [9.17, 15) is 18.0 Å². The molecule has 1 unspecified atom stereocenters. The molecule has 2 aromatic rings. The van der Waals surface area contributed by atoms with Crippen molar-refractivity contribution in [3.05, 3.63) is 58.1 Å². The van der Waals surface area contributed by atoms with E-state index >= 15 is 0 Å². The number of amides is 1. The zero-order valence-corrected chi connectivity index (χ0v) is 19.8. The molecule has 3 rings (SSSR count). The normalized spacial score (nSPS) is 16.1. The number of benzene rings is 2. The summed E-state index contributed by atoms with van der Waals surface area (Å²) in [6, 6.07) is 10.4. The molecule has 0 aromatic heterocycles. The van der Waals surface area contributed by atoms with E-state index in [4.69, 9.17) is 27.9 Å². The maximum atomic E-state index is 13.0. The van der Waals surface area contributed by atoms with E-state index in [-0.39, 0.29) is 26.2 Å². The first-order valence-corrected chi connectivity index (χ1v) is 12.5. The number of sulfonamides is 1. The molecule has 1 fully saturated rings. The van der Waals surface area contributed by atoms with Gasteiger partial charge in [0.1, 0.15) is 0 Å². The van der Waals surface area contributed by atoms with Crippen LogP contribution in [0.3, 0.4) is 0 Å². The number of esters is 1. The van der Waals surface area contributed by atoms with Gasteiger partial charge in [-0.1, -0.05) is 48.2 Å². The van der Waals surface area contributed by atoms with Gasteiger partial charge >= 0.3 is 5.97 Å². The minimum atomic E-state index is -3.72. The quantitative estimate of drug-likeness (QED) is 0.580. The van der Waals surface area contributed by atoms with Crippen molar-refractivity contribution in [1.82, 2.24) is 4.31 Å². The van der Waals surface area contributed by atoms with E-state index < -0.39 is 28.0 Å². The number of carbonyl (C=O) groups excluding carboxylic acids is 2. The van der Waals surface area contributed by atoms with Crippen molar-refractivity contribution in [2.24, 2.45) is 0 Å². The van der Waals surface area contributed by atoms with Gasteiger partial charge in [-0.2, -0.15) is 4.31 Å². The number of halogens is 2. The number of rotatable bonds is 6. The monoisotopic (exact) mass is 498 g/mol. The first-order valence-electron chi connectivity index (χ1n) is 10.3. The Morgan fingerprint density at radius 1 is 1.03 bits per heavy atom. The maximum Gasteiger partial charge on any atom is 0.338 e. The van der Waals surface area contributed by atoms with Gasteiger partial charge < -0.3 is 10.1 Å². The Labute approximate surface area is 197 Å². The average molecular weight is 499 g/mol. The van der Waals surface area contributed by atoms with Crippen LogP contribution in [0.2, 0.25) is 10.0 Å². The molecule has 172 valence electrons. The zero-order chi connectivity index (χ0) is 23.3. The van der Waals surface area contributed by atoms with Gasteiger partial charge in [-0.25, -0.2) is 13.2 Å². The summed E-state index contributed by atoms with van der Waals surface area (Å²) in [5, 5.41) is 3.01. The van der Waals surface area contributed by atoms with Crippen LogP contribution in [-0.4, -0.2) is 43.8 Å². The molecule has 1 saturated heterocycles. The second-order valence-electron chi connectivity index (χ2n) is 7.48. The van der Waals surface area contributed by atoms with Crippen LogP contribution in [0.1, 0.15) is 43.0 Å². The van der Waals surface area contributed by atoms with Crippen LogP contribution in [0, 0.1) is 0 Å². The molecule has 0 aliphatic carbocycles. The molecule has 1 heterocycles. The SMILES string of the molecule is CC(OC(=O)c1cccc(S(=O)(=O)N2CCCCCC2)c1)C(=O)Nc1cccc(Cl)c1Cl. The second kappa shape index (κ2) is 10.7. The summed E-state index contributed by atoms with van der Waals surface area (Å²) in [4.78, 5) is 25.0. The van der Waals surface area contributed by atoms with Gasteiger partial charge in [0.25, 0.3) is 5.91 Å². The van der Waals surface area contributed by atoms with Gasteiger partial charge in [0.05, 0.1) is 26.2 Å². The molecule has 1 aliphatic rings. The Morgan fingerprint density at radius 2 is 1.69 bits per heavy atom. The van der Waals surface area contributed by atoms with Crippen LogP contribution in [0.25, 0.3) is 0 Å². The van der Waals surface area contributed by atoms with Crippen LogP contribution in [0.5, 0.6) is 0 Å². The molecular formula is C22H24Cl2N2O5S. The molecule has 0 saturated carbocycles. The van der Waals surface area contributed by atoms with Crippen LogP contribution in [0.4, 0.5) is 5.69 Å². The van der Waals surface area contributed by atoms with Gasteiger partial charge in [0, 0.05) is 13.1 Å². The molecular weight excluding hydrogens is 475 g/mol. The van der Waals surface area contributed by atoms with Gasteiger partial charge in [0.2, 0.25) is 10.0 Å². The molecule has 0 radical (unpaired) electrons. The van der Waals surface area contributed by atoms with E-state index in [1.165, 1.54) is 35.5 Å². The van der Waals surface area contributed by atoms with E-state index in [1.807, 2.05) is 0 Å². The summed E-state index contributed by atoms with van der Waals surface area (Å²) in [5.74, 6) is -1.41. The van der Waals surface area contributed by atoms with E-state index in [0.29, 0.717) is 13.1 Å². The minimum absolute atomic E-state index is 0.0247. The topological polar surface area (TPSA) is 92.8 Å². The molecule has 1 amide bonds. The lowest BCUT2D eigenvalue weighted by atomic mass is 10.2. The number of ether oxygens (including phenoxy) is 1. The van der Waals surface area contributed by atoms with E-state index in [1.54, 1.807) is 18.2 Å². The number of nitrogens with one attached hydrogen (secondary N) is 1. The second-order valence-corrected chi connectivity index (χ2v) is 10.2. The van der Waals surface area contributed by atoms with Gasteiger partial charge in [0.15, 0.2) is 6.10 Å². The van der Waals surface area contributed by atoms with Crippen molar-refractivity contribution in [2.45, 2.75) is 43.6 Å². The Morgan fingerprint density at radius 3 is 2.38 bits per heavy atom. The summed E-state index contributed by atoms with van der Waals surface area (Å²) >= 11 is 12.0. The smallest absolute Gasteiger partial charge is 0.338 e. The predicted octanol–water partition coefficient (Wildman–Crippen LogP) is 4.74. The fourth-order valence-electron chi connectivity index (χ4n) is 3.33. The maximum absolute atomic E-state index is 13.0. The van der Waals surface area contributed by atoms with Crippen LogP contribution < -0.4 is 5.32 Å². The average Bonchev–Trinajstić information content (AvgIpc) is 3.07. The Hall–Kier alpha value is -2.13. The van der Waals surface area contributed by atoms with Crippen LogP contribution in [-0.2, 0) is 19.6 Å². The van der Waals surface area contributed by atoms with Crippen molar-refractivity contribution >= 4 is 50.8 Å². The lowest BCUT2D eigenvalue weighted by molar-refractivity contribution is -0.123. The summed E-state index contributed by atoms with van der Waals surface area (Å²) in [7, 11) is -3.72. The lowest BCUT2D eigenvalue weighted by Gasteiger charge is -2.20. The number of carbonyl (C=O) groups is 2. The molecule has 1 aliphatic heterocycles. The van der Waals surface area contributed by atoms with Crippen molar-refractivity contribution in [1.29, 1.82) is 0 Å². The third kappa shape index (κ3) is 5.81. The molecule has 2 aromatic carbocycles. The number of nitrogens with zero attached hydrogens (tertiary/aromatic N) is 1. The van der Waals surface area contributed by atoms with Crippen LogP contribution in [0.15, 0.2) is 47.4 Å². The number of hydrogen-bond donors (Lipinski definition) is 1. The first-order chi connectivity index (χ1) is 15.2. The molecule has 32 heavy (non-hydrogen) atoms. The standard InChI is InChI=1S/C22H24Cl2N2O5S/c1-15(21(27)25-19-11-7-10-18(23)20(19)24)31-22(28)16-8-6-9-17(14-16)32(29,30)26-12-4-2-3-5-13-26/h6-11,14-15H,2-5,12-13H2,1H3,(H,25,27). The molecule has 1 atom stereocenters. The first kappa shape index (κ1) is 24.5. The fourth-order valence-corrected chi connectivity index (χ4v) is 5.24. The lowest BCUT2D eigenvalue weighted by Crippen LogP contribution is -2.32. The van der Waals surface area contributed by atoms with E-state index in [2.05, 4.69) is 5.32 Å². The summed E-state index contributed by atoms with van der Waals surface area (Å²) in [5.41, 5.74) is 0.332. The Balaban J connectivity index is 1.70. The van der Waals surface area contributed by atoms with Gasteiger partial charge in [-0.3, -0.25) is 4.79 Å². The Kier molecular flexibility index (Phi) is 8.16. The summed E-state index contributed by atoms with van der Waals surface area (Å²) in [6.07, 6.45) is 2.47. The van der Waals surface area contributed by atoms with Gasteiger partial charge in [-0.05, 0) is 50.1 Å². The molecule has 0 bridgehead atoms. The largest absolute Gasteiger partial charge is 0.449 e. The minimum Gasteiger partial charge on any atom is -0.449 e. The highest BCUT2D eigenvalue weighted by Crippen LogP contribution is 2.29. The van der Waals surface area contributed by atoms with Crippen molar-refractivity contribution in [3.8, 4) is 0 Å². The predicted molar refractivity (Wildman–Crippen MR) is 124 cm³/mol. The third-order valence-corrected chi connectivity index (χ3v) is 7.85. The fraction of sp³-hybridized carbons (Fsp3) is 0.364. The van der Waals surface area contributed by atoms with Crippen molar-refractivity contribution in [3.63, 3.8) is 0 Å². The zero-order valence-electron chi connectivity index (χ0n) is 17.5. The highest BCUT2D eigenvalue weighted by Gasteiger charge is 2.27. The van der Waals surface area contributed by atoms with Crippen molar-refractivity contribution < 1.29 is 22.7 Å². The molecule has 7 nitrogen and oxygen atoms in total. The van der Waals surface area contributed by atoms with Crippen molar-refractivity contribution in [2.75, 3.05) is 18.4 Å². The van der Waals surface area contributed by atoms with Gasteiger partial charge in [-0.15, -0.1) is 0 Å². The molecule has 1 N–H and O–H groups in total. The molecule has 10 heteroatoms. The Bertz CT molecular complexity index is 1100. The number of hydrogen-bond acceptors (Lipinski definition) is 5. The summed E-state index contributed by atoms with van der Waals surface area (Å²) < 4.78 is 32.7. The number of anilines is 1. The molecule has 0 spiro atoms. The van der Waals surface area contributed by atoms with Crippen LogP contribution >= 0.6 is 23.2 Å².